The van der Waals surface area contributed by atoms with Gasteiger partial charge in [-0.1, -0.05) is 12.1 Å². The van der Waals surface area contributed by atoms with E-state index in [4.69, 9.17) is 10.5 Å². The smallest absolute Gasteiger partial charge is 0.243 e. The summed E-state index contributed by atoms with van der Waals surface area (Å²) < 4.78 is 32.2. The fourth-order valence-electron chi connectivity index (χ4n) is 3.66. The Bertz CT molecular complexity index is 615. The fraction of sp³-hybridized carbons (Fsp3) is 0.625. The molecule has 0 radical (unpaired) electrons. The SMILES string of the molecule is COCCc1ccc(S(=O)(=O)N2CC3CCC(N)C3C2)cc1. The molecule has 0 amide bonds. The predicted octanol–water partition coefficient (Wildman–Crippen LogP) is 1.23. The van der Waals surface area contributed by atoms with Crippen LogP contribution in [0.5, 0.6) is 0 Å². The molecule has 1 aromatic rings. The first-order valence-electron chi connectivity index (χ1n) is 7.86. The number of methoxy groups -OCH3 is 1. The second kappa shape index (κ2) is 6.28. The summed E-state index contributed by atoms with van der Waals surface area (Å²) in [7, 11) is -1.73. The summed E-state index contributed by atoms with van der Waals surface area (Å²) in [6.45, 7) is 1.82. The van der Waals surface area contributed by atoms with E-state index in [2.05, 4.69) is 0 Å². The van der Waals surface area contributed by atoms with E-state index in [1.807, 2.05) is 12.1 Å². The van der Waals surface area contributed by atoms with Crippen molar-refractivity contribution in [3.8, 4) is 0 Å². The molecular weight excluding hydrogens is 300 g/mol. The summed E-state index contributed by atoms with van der Waals surface area (Å²) in [6.07, 6.45) is 2.87. The van der Waals surface area contributed by atoms with Gasteiger partial charge in [0.1, 0.15) is 0 Å². The van der Waals surface area contributed by atoms with Crippen LogP contribution in [0.2, 0.25) is 0 Å². The van der Waals surface area contributed by atoms with Gasteiger partial charge in [0, 0.05) is 26.2 Å². The Labute approximate surface area is 132 Å². The zero-order valence-corrected chi connectivity index (χ0v) is 13.8. The Morgan fingerprint density at radius 1 is 1.23 bits per heavy atom. The van der Waals surface area contributed by atoms with Gasteiger partial charge < -0.3 is 10.5 Å². The molecular formula is C16H24N2O3S. The normalized spacial score (nSPS) is 28.9. The van der Waals surface area contributed by atoms with Crippen LogP contribution < -0.4 is 5.73 Å². The van der Waals surface area contributed by atoms with Crippen LogP contribution in [0.15, 0.2) is 29.2 Å². The third kappa shape index (κ3) is 2.93. The van der Waals surface area contributed by atoms with Gasteiger partial charge in [-0.25, -0.2) is 8.42 Å². The summed E-state index contributed by atoms with van der Waals surface area (Å²) in [5, 5.41) is 0. The largest absolute Gasteiger partial charge is 0.384 e. The summed E-state index contributed by atoms with van der Waals surface area (Å²) in [5.41, 5.74) is 7.18. The maximum atomic E-state index is 12.8. The van der Waals surface area contributed by atoms with Crippen molar-refractivity contribution < 1.29 is 13.2 Å². The van der Waals surface area contributed by atoms with Gasteiger partial charge in [-0.05, 0) is 48.8 Å². The lowest BCUT2D eigenvalue weighted by atomic mass is 9.98. The number of nitrogens with two attached hydrogens (primary N) is 1. The maximum Gasteiger partial charge on any atom is 0.243 e. The number of sulfonamides is 1. The van der Waals surface area contributed by atoms with Crippen molar-refractivity contribution >= 4 is 10.0 Å². The van der Waals surface area contributed by atoms with Crippen molar-refractivity contribution in [2.45, 2.75) is 30.2 Å². The zero-order valence-electron chi connectivity index (χ0n) is 12.9. The van der Waals surface area contributed by atoms with Crippen LogP contribution in [0.4, 0.5) is 0 Å². The van der Waals surface area contributed by atoms with E-state index in [9.17, 15) is 8.42 Å². The molecule has 0 aromatic heterocycles. The third-order valence-corrected chi connectivity index (χ3v) is 6.88. The van der Waals surface area contributed by atoms with E-state index < -0.39 is 10.0 Å². The van der Waals surface area contributed by atoms with E-state index in [0.29, 0.717) is 36.4 Å². The number of fused-ring (bicyclic) bond motifs is 1. The minimum Gasteiger partial charge on any atom is -0.384 e. The van der Waals surface area contributed by atoms with Crippen LogP contribution in [0.3, 0.4) is 0 Å². The number of hydrogen-bond donors (Lipinski definition) is 1. The lowest BCUT2D eigenvalue weighted by Gasteiger charge is -2.18. The van der Waals surface area contributed by atoms with Crippen molar-refractivity contribution in [3.63, 3.8) is 0 Å². The van der Waals surface area contributed by atoms with Crippen molar-refractivity contribution in [1.82, 2.24) is 4.31 Å². The molecule has 1 saturated carbocycles. The molecule has 22 heavy (non-hydrogen) atoms. The molecule has 1 aliphatic carbocycles. The van der Waals surface area contributed by atoms with Crippen LogP contribution >= 0.6 is 0 Å². The Hall–Kier alpha value is -0.950. The Balaban J connectivity index is 1.73. The highest BCUT2D eigenvalue weighted by atomic mass is 32.2. The molecule has 1 heterocycles. The summed E-state index contributed by atoms with van der Waals surface area (Å²) in [6, 6.07) is 7.30. The van der Waals surface area contributed by atoms with Crippen molar-refractivity contribution in [2.75, 3.05) is 26.8 Å². The molecule has 3 rings (SSSR count). The summed E-state index contributed by atoms with van der Waals surface area (Å²) >= 11 is 0. The number of benzene rings is 1. The highest BCUT2D eigenvalue weighted by Gasteiger charge is 2.44. The van der Waals surface area contributed by atoms with E-state index in [-0.39, 0.29) is 6.04 Å². The van der Waals surface area contributed by atoms with Crippen LogP contribution in [0.1, 0.15) is 18.4 Å². The van der Waals surface area contributed by atoms with Crippen molar-refractivity contribution in [1.29, 1.82) is 0 Å². The third-order valence-electron chi connectivity index (χ3n) is 5.03. The molecule has 1 aromatic carbocycles. The first-order valence-corrected chi connectivity index (χ1v) is 9.30. The molecule has 3 atom stereocenters. The topological polar surface area (TPSA) is 72.6 Å². The molecule has 0 bridgehead atoms. The number of rotatable bonds is 5. The van der Waals surface area contributed by atoms with Gasteiger partial charge in [0.2, 0.25) is 10.0 Å². The van der Waals surface area contributed by atoms with E-state index in [0.717, 1.165) is 24.8 Å². The average molecular weight is 324 g/mol. The Morgan fingerprint density at radius 2 is 1.95 bits per heavy atom. The minimum absolute atomic E-state index is 0.154. The van der Waals surface area contributed by atoms with Crippen molar-refractivity contribution in [2.24, 2.45) is 17.6 Å². The first kappa shape index (κ1) is 15.9. The zero-order chi connectivity index (χ0) is 15.7. The van der Waals surface area contributed by atoms with Crippen LogP contribution in [0.25, 0.3) is 0 Å². The van der Waals surface area contributed by atoms with E-state index in [1.165, 1.54) is 0 Å². The predicted molar refractivity (Wildman–Crippen MR) is 85.0 cm³/mol. The molecule has 2 aliphatic rings. The fourth-order valence-corrected chi connectivity index (χ4v) is 5.19. The molecule has 3 unspecified atom stereocenters. The minimum atomic E-state index is -3.39. The highest BCUT2D eigenvalue weighted by molar-refractivity contribution is 7.89. The summed E-state index contributed by atoms with van der Waals surface area (Å²) in [4.78, 5) is 0.377. The lowest BCUT2D eigenvalue weighted by molar-refractivity contribution is 0.202. The maximum absolute atomic E-state index is 12.8. The Kier molecular flexibility index (Phi) is 4.54. The van der Waals surface area contributed by atoms with Gasteiger partial charge in [0.05, 0.1) is 11.5 Å². The summed E-state index contributed by atoms with van der Waals surface area (Å²) in [5.74, 6) is 0.765. The number of nitrogens with zero attached hydrogens (tertiary/aromatic N) is 1. The molecule has 1 aliphatic heterocycles. The van der Waals surface area contributed by atoms with E-state index in [1.54, 1.807) is 23.5 Å². The lowest BCUT2D eigenvalue weighted by Crippen LogP contribution is -2.33. The highest BCUT2D eigenvalue weighted by Crippen LogP contribution is 2.39. The van der Waals surface area contributed by atoms with Crippen LogP contribution in [-0.4, -0.2) is 45.6 Å². The molecule has 5 nitrogen and oxygen atoms in total. The van der Waals surface area contributed by atoms with Crippen molar-refractivity contribution in [3.05, 3.63) is 29.8 Å². The molecule has 2 N–H and O–H groups in total. The van der Waals surface area contributed by atoms with Crippen LogP contribution in [-0.2, 0) is 21.2 Å². The van der Waals surface area contributed by atoms with Gasteiger partial charge in [0.25, 0.3) is 0 Å². The van der Waals surface area contributed by atoms with E-state index >= 15 is 0 Å². The molecule has 122 valence electrons. The quantitative estimate of drug-likeness (QED) is 0.884. The number of hydrogen-bond acceptors (Lipinski definition) is 4. The first-order chi connectivity index (χ1) is 10.5. The average Bonchev–Trinajstić information content (AvgIpc) is 3.09. The molecule has 1 saturated heterocycles. The molecule has 6 heteroatoms. The number of ether oxygens (including phenoxy) is 1. The second-order valence-electron chi connectivity index (χ2n) is 6.37. The molecule has 0 spiro atoms. The monoisotopic (exact) mass is 324 g/mol. The standard InChI is InChI=1S/C16H24N2O3S/c1-21-9-8-12-2-5-14(6-3-12)22(19,20)18-10-13-4-7-16(17)15(13)11-18/h2-3,5-6,13,15-16H,4,7-11,17H2,1H3. The Morgan fingerprint density at radius 3 is 2.59 bits per heavy atom. The van der Waals surface area contributed by atoms with Crippen LogP contribution in [0, 0.1) is 11.8 Å². The van der Waals surface area contributed by atoms with Gasteiger partial charge in [0.15, 0.2) is 0 Å². The second-order valence-corrected chi connectivity index (χ2v) is 8.31. The van der Waals surface area contributed by atoms with Gasteiger partial charge in [-0.15, -0.1) is 0 Å². The van der Waals surface area contributed by atoms with Gasteiger partial charge in [-0.3, -0.25) is 0 Å². The van der Waals surface area contributed by atoms with Gasteiger partial charge in [-0.2, -0.15) is 4.31 Å². The van der Waals surface area contributed by atoms with Gasteiger partial charge >= 0.3 is 0 Å². The molecule has 2 fully saturated rings.